The van der Waals surface area contributed by atoms with Crippen molar-refractivity contribution in [2.75, 3.05) is 13.6 Å². The first-order valence-electron chi connectivity index (χ1n) is 20.3. The van der Waals surface area contributed by atoms with Gasteiger partial charge in [-0.25, -0.2) is 0 Å². The number of fused-ring (bicyclic) bond motifs is 7. The van der Waals surface area contributed by atoms with Gasteiger partial charge in [0.15, 0.2) is 5.78 Å². The van der Waals surface area contributed by atoms with Crippen molar-refractivity contribution in [2.45, 2.75) is 139 Å². The van der Waals surface area contributed by atoms with E-state index in [2.05, 4.69) is 41.5 Å². The molecule has 5 aliphatic rings. The van der Waals surface area contributed by atoms with E-state index in [-0.39, 0.29) is 46.0 Å². The van der Waals surface area contributed by atoms with Gasteiger partial charge in [0.05, 0.1) is 18.3 Å². The van der Waals surface area contributed by atoms with Crippen LogP contribution in [-0.2, 0) is 30.3 Å². The number of hydrogen-bond acceptors (Lipinski definition) is 5. The third-order valence-electron chi connectivity index (χ3n) is 15.7. The fourth-order valence-electron chi connectivity index (χ4n) is 13.0. The van der Waals surface area contributed by atoms with Crippen LogP contribution in [0.25, 0.3) is 0 Å². The van der Waals surface area contributed by atoms with E-state index in [1.165, 1.54) is 5.57 Å². The number of Topliss-reactive ketones (excluding diaryl/α,β-unsaturated/α-hetero) is 1. The van der Waals surface area contributed by atoms with Gasteiger partial charge >= 0.3 is 11.9 Å². The number of hydrogen-bond donors (Lipinski definition) is 1. The lowest BCUT2D eigenvalue weighted by atomic mass is 9.36. The van der Waals surface area contributed by atoms with Crippen molar-refractivity contribution in [1.82, 2.24) is 4.90 Å². The van der Waals surface area contributed by atoms with E-state index >= 15 is 0 Å². The highest BCUT2D eigenvalue weighted by Gasteiger charge is 2.66. The van der Waals surface area contributed by atoms with E-state index in [9.17, 15) is 24.3 Å². The standard InChI is InChI=1S/C45H65NO6/c1-28(2)38-32(47)26-45(23-24-46(9)36(48)25-29-13-11-10-12-14-29)22-17-31-30(39(38)45)15-16-34-43(31,7)20-18-33-42(5,6)35(19-21-44(33,34)8)52-37(49)27-41(3,4)40(50)51/h10-14,28,30-31,33-35H,15-27H2,1-9H3,(H,50,51). The molecule has 286 valence electrons. The number of esters is 1. The first kappa shape index (κ1) is 38.8. The number of aliphatic carboxylic acids is 1. The van der Waals surface area contributed by atoms with Crippen LogP contribution in [0.4, 0.5) is 0 Å². The molecule has 4 fully saturated rings. The minimum atomic E-state index is -1.15. The molecule has 0 spiro atoms. The van der Waals surface area contributed by atoms with Crippen LogP contribution in [0.3, 0.4) is 0 Å². The Morgan fingerprint density at radius 2 is 1.60 bits per heavy atom. The van der Waals surface area contributed by atoms with Crippen LogP contribution in [0.2, 0.25) is 0 Å². The quantitative estimate of drug-likeness (QED) is 0.243. The summed E-state index contributed by atoms with van der Waals surface area (Å²) in [6, 6.07) is 9.95. The van der Waals surface area contributed by atoms with Crippen LogP contribution < -0.4 is 0 Å². The zero-order chi connectivity index (χ0) is 38.0. The van der Waals surface area contributed by atoms with Gasteiger partial charge in [0.1, 0.15) is 6.10 Å². The molecule has 6 rings (SSSR count). The molecule has 0 radical (unpaired) electrons. The number of benzene rings is 1. The van der Waals surface area contributed by atoms with Crippen molar-refractivity contribution in [2.24, 2.45) is 56.7 Å². The van der Waals surface area contributed by atoms with Gasteiger partial charge in [-0.05, 0) is 123 Å². The van der Waals surface area contributed by atoms with Crippen molar-refractivity contribution in [3.63, 3.8) is 0 Å². The minimum absolute atomic E-state index is 0.113. The number of carbonyl (C=O) groups excluding carboxylic acids is 3. The monoisotopic (exact) mass is 715 g/mol. The summed E-state index contributed by atoms with van der Waals surface area (Å²) in [6.07, 6.45) is 9.93. The average molecular weight is 716 g/mol. The molecule has 5 aliphatic carbocycles. The lowest BCUT2D eigenvalue weighted by Gasteiger charge is -2.69. The van der Waals surface area contributed by atoms with Crippen LogP contribution in [-0.4, -0.2) is 53.3 Å². The summed E-state index contributed by atoms with van der Waals surface area (Å²) in [7, 11) is 1.93. The summed E-state index contributed by atoms with van der Waals surface area (Å²) in [4.78, 5) is 53.9. The number of nitrogens with zero attached hydrogens (tertiary/aromatic N) is 1. The molecule has 7 heteroatoms. The number of allylic oxidation sites excluding steroid dienone is 2. The molecule has 0 heterocycles. The third-order valence-corrected chi connectivity index (χ3v) is 15.7. The molecular weight excluding hydrogens is 650 g/mol. The summed E-state index contributed by atoms with van der Waals surface area (Å²) >= 11 is 0. The molecule has 8 atom stereocenters. The molecule has 1 N–H and O–H groups in total. The first-order valence-corrected chi connectivity index (χ1v) is 20.3. The van der Waals surface area contributed by atoms with E-state index < -0.39 is 17.4 Å². The second-order valence-electron chi connectivity index (χ2n) is 19.8. The van der Waals surface area contributed by atoms with Gasteiger partial charge < -0.3 is 14.7 Å². The van der Waals surface area contributed by atoms with Gasteiger partial charge in [0.25, 0.3) is 0 Å². The highest BCUT2D eigenvalue weighted by atomic mass is 16.5. The van der Waals surface area contributed by atoms with Gasteiger partial charge in [-0.2, -0.15) is 0 Å². The second-order valence-corrected chi connectivity index (χ2v) is 19.8. The molecule has 0 aromatic heterocycles. The summed E-state index contributed by atoms with van der Waals surface area (Å²) in [5.74, 6) is 1.16. The number of carboxylic acids is 1. The lowest BCUT2D eigenvalue weighted by molar-refractivity contribution is -0.214. The van der Waals surface area contributed by atoms with Crippen molar-refractivity contribution >= 4 is 23.6 Å². The molecule has 0 aliphatic heterocycles. The Morgan fingerprint density at radius 1 is 0.923 bits per heavy atom. The topological polar surface area (TPSA) is 101 Å². The number of carbonyl (C=O) groups is 4. The van der Waals surface area contributed by atoms with E-state index in [1.807, 2.05) is 42.3 Å². The Bertz CT molecular complexity index is 1610. The van der Waals surface area contributed by atoms with Gasteiger partial charge in [-0.1, -0.05) is 77.4 Å². The summed E-state index contributed by atoms with van der Waals surface area (Å²) in [5, 5.41) is 9.59. The third kappa shape index (κ3) is 6.48. The van der Waals surface area contributed by atoms with Gasteiger partial charge in [-0.3, -0.25) is 19.2 Å². The van der Waals surface area contributed by atoms with Crippen LogP contribution in [0.5, 0.6) is 0 Å². The maximum atomic E-state index is 14.0. The molecular formula is C45H65NO6. The average Bonchev–Trinajstić information content (AvgIpc) is 3.37. The van der Waals surface area contributed by atoms with Crippen molar-refractivity contribution < 1.29 is 29.0 Å². The zero-order valence-corrected chi connectivity index (χ0v) is 33.5. The van der Waals surface area contributed by atoms with E-state index in [1.54, 1.807) is 13.8 Å². The number of likely N-dealkylation sites (N-methyl/N-ethyl adjacent to an activating group) is 1. The smallest absolute Gasteiger partial charge is 0.309 e. The molecule has 52 heavy (non-hydrogen) atoms. The lowest BCUT2D eigenvalue weighted by Crippen LogP contribution is -2.63. The fourth-order valence-corrected chi connectivity index (χ4v) is 13.0. The highest BCUT2D eigenvalue weighted by molar-refractivity contribution is 6.00. The number of ketones is 1. The van der Waals surface area contributed by atoms with Crippen molar-refractivity contribution in [3.05, 3.63) is 47.0 Å². The maximum Gasteiger partial charge on any atom is 0.309 e. The van der Waals surface area contributed by atoms with Crippen LogP contribution in [0.1, 0.15) is 132 Å². The Morgan fingerprint density at radius 3 is 2.25 bits per heavy atom. The van der Waals surface area contributed by atoms with Gasteiger partial charge in [0.2, 0.25) is 5.91 Å². The SMILES string of the molecule is CC(C)C1=C2C3CCC4C(C)(CCC5C(C)(C)C(OC(=O)CC(C)(C)C(=O)O)CCC54C)C3CCC2(CCN(C)C(=O)Cc2ccccc2)CC1=O. The van der Waals surface area contributed by atoms with Crippen LogP contribution in [0.15, 0.2) is 41.5 Å². The first-order chi connectivity index (χ1) is 24.3. The zero-order valence-electron chi connectivity index (χ0n) is 33.5. The summed E-state index contributed by atoms with van der Waals surface area (Å²) < 4.78 is 6.16. The molecule has 0 saturated heterocycles. The summed E-state index contributed by atoms with van der Waals surface area (Å²) in [5.41, 5.74) is 2.36. The Kier molecular flexibility index (Phi) is 10.2. The molecule has 1 amide bonds. The van der Waals surface area contributed by atoms with E-state index in [4.69, 9.17) is 4.74 Å². The number of ether oxygens (including phenoxy) is 1. The largest absolute Gasteiger partial charge is 0.481 e. The fraction of sp³-hybridized carbons (Fsp3) is 0.733. The molecule has 8 unspecified atom stereocenters. The number of rotatable bonds is 10. The minimum Gasteiger partial charge on any atom is -0.481 e. The Labute approximate surface area is 312 Å². The molecule has 1 aromatic rings. The maximum absolute atomic E-state index is 14.0. The van der Waals surface area contributed by atoms with Gasteiger partial charge in [-0.15, -0.1) is 0 Å². The molecule has 7 nitrogen and oxygen atoms in total. The highest BCUT2D eigenvalue weighted by Crippen LogP contribution is 2.73. The summed E-state index contributed by atoms with van der Waals surface area (Å²) in [6.45, 7) is 17.9. The predicted octanol–water partition coefficient (Wildman–Crippen LogP) is 9.08. The number of amides is 1. The number of carboxylic acid groups (broad SMARTS) is 1. The van der Waals surface area contributed by atoms with Crippen molar-refractivity contribution in [1.29, 1.82) is 0 Å². The second kappa shape index (κ2) is 13.7. The predicted molar refractivity (Wildman–Crippen MR) is 203 cm³/mol. The molecule has 0 bridgehead atoms. The molecule has 1 aromatic carbocycles. The Hall–Kier alpha value is -2.96. The van der Waals surface area contributed by atoms with E-state index in [0.717, 1.165) is 68.9 Å². The van der Waals surface area contributed by atoms with Crippen LogP contribution >= 0.6 is 0 Å². The normalized spacial score (nSPS) is 35.3. The van der Waals surface area contributed by atoms with Crippen molar-refractivity contribution in [3.8, 4) is 0 Å². The Balaban J connectivity index is 1.21. The van der Waals surface area contributed by atoms with E-state index in [0.29, 0.717) is 48.8 Å². The molecule has 4 saturated carbocycles. The van der Waals surface area contributed by atoms with Crippen LogP contribution in [0, 0.1) is 56.7 Å². The van der Waals surface area contributed by atoms with Gasteiger partial charge in [0, 0.05) is 30.8 Å².